The highest BCUT2D eigenvalue weighted by molar-refractivity contribution is 5.95. The van der Waals surface area contributed by atoms with E-state index in [0.717, 1.165) is 42.7 Å². The van der Waals surface area contributed by atoms with Crippen molar-refractivity contribution in [3.05, 3.63) is 89.7 Å². The van der Waals surface area contributed by atoms with Crippen LogP contribution in [-0.4, -0.2) is 36.6 Å². The van der Waals surface area contributed by atoms with Gasteiger partial charge >= 0.3 is 0 Å². The molecule has 0 radical (unpaired) electrons. The molecule has 1 aliphatic heterocycles. The fourth-order valence-corrected chi connectivity index (χ4v) is 3.75. The van der Waals surface area contributed by atoms with Crippen molar-refractivity contribution in [3.63, 3.8) is 0 Å². The molecule has 1 saturated heterocycles. The van der Waals surface area contributed by atoms with Crippen LogP contribution >= 0.6 is 0 Å². The SMILES string of the molecule is O=C(NCc1cccc(C(=O)NCC2CCOCC2)c1)c1ccc(-c2ccncc2)cc1. The van der Waals surface area contributed by atoms with E-state index in [1.54, 1.807) is 18.5 Å². The number of hydrogen-bond acceptors (Lipinski definition) is 4. The fourth-order valence-electron chi connectivity index (χ4n) is 3.75. The van der Waals surface area contributed by atoms with E-state index < -0.39 is 0 Å². The second-order valence-corrected chi connectivity index (χ2v) is 7.96. The van der Waals surface area contributed by atoms with Crippen molar-refractivity contribution < 1.29 is 14.3 Å². The smallest absolute Gasteiger partial charge is 0.251 e. The van der Waals surface area contributed by atoms with Crippen LogP contribution in [0.4, 0.5) is 0 Å². The Morgan fingerprint density at radius 1 is 0.844 bits per heavy atom. The third kappa shape index (κ3) is 5.80. The van der Waals surface area contributed by atoms with Crippen molar-refractivity contribution in [1.82, 2.24) is 15.6 Å². The molecule has 2 amide bonds. The zero-order valence-electron chi connectivity index (χ0n) is 17.9. The summed E-state index contributed by atoms with van der Waals surface area (Å²) >= 11 is 0. The zero-order chi connectivity index (χ0) is 22.2. The standard InChI is InChI=1S/C26H27N3O3/c30-25(23-6-4-21(5-7-23)22-8-12-27-13-9-22)29-18-20-2-1-3-24(16-20)26(31)28-17-19-10-14-32-15-11-19/h1-9,12-13,16,19H,10-11,14-15,17-18H2,(H,28,31)(H,29,30). The molecule has 2 aromatic carbocycles. The number of carbonyl (C=O) groups is 2. The highest BCUT2D eigenvalue weighted by atomic mass is 16.5. The molecule has 1 fully saturated rings. The Balaban J connectivity index is 1.30. The molecule has 6 heteroatoms. The molecule has 0 unspecified atom stereocenters. The monoisotopic (exact) mass is 429 g/mol. The third-order valence-electron chi connectivity index (χ3n) is 5.70. The van der Waals surface area contributed by atoms with Crippen LogP contribution in [0.1, 0.15) is 39.1 Å². The average Bonchev–Trinajstić information content (AvgIpc) is 2.87. The van der Waals surface area contributed by atoms with Crippen LogP contribution < -0.4 is 10.6 Å². The quantitative estimate of drug-likeness (QED) is 0.598. The molecule has 1 aliphatic rings. The molecule has 4 rings (SSSR count). The molecule has 2 N–H and O–H groups in total. The minimum absolute atomic E-state index is 0.0867. The summed E-state index contributed by atoms with van der Waals surface area (Å²) in [5.41, 5.74) is 4.16. The third-order valence-corrected chi connectivity index (χ3v) is 5.70. The molecule has 0 saturated carbocycles. The van der Waals surface area contributed by atoms with E-state index in [2.05, 4.69) is 15.6 Å². The maximum absolute atomic E-state index is 12.6. The highest BCUT2D eigenvalue weighted by Gasteiger charge is 2.15. The van der Waals surface area contributed by atoms with Gasteiger partial charge in [-0.2, -0.15) is 0 Å². The lowest BCUT2D eigenvalue weighted by molar-refractivity contribution is 0.0642. The maximum Gasteiger partial charge on any atom is 0.251 e. The van der Waals surface area contributed by atoms with Gasteiger partial charge in [-0.3, -0.25) is 14.6 Å². The van der Waals surface area contributed by atoms with Gasteiger partial charge < -0.3 is 15.4 Å². The van der Waals surface area contributed by atoms with Gasteiger partial charge in [0.2, 0.25) is 0 Å². The van der Waals surface area contributed by atoms with Crippen LogP contribution in [0.3, 0.4) is 0 Å². The largest absolute Gasteiger partial charge is 0.381 e. The van der Waals surface area contributed by atoms with Crippen molar-refractivity contribution in [2.24, 2.45) is 5.92 Å². The number of nitrogens with one attached hydrogen (secondary N) is 2. The number of benzene rings is 2. The second kappa shape index (κ2) is 10.7. The van der Waals surface area contributed by atoms with Gasteiger partial charge in [0.25, 0.3) is 11.8 Å². The lowest BCUT2D eigenvalue weighted by Gasteiger charge is -2.22. The summed E-state index contributed by atoms with van der Waals surface area (Å²) in [6.07, 6.45) is 5.45. The predicted molar refractivity (Wildman–Crippen MR) is 123 cm³/mol. The average molecular weight is 430 g/mol. The Labute approximate surface area is 188 Å². The van der Waals surface area contributed by atoms with Crippen molar-refractivity contribution in [2.75, 3.05) is 19.8 Å². The Bertz CT molecular complexity index is 1050. The normalized spacial score (nSPS) is 14.0. The predicted octanol–water partition coefficient (Wildman–Crippen LogP) is 3.84. The molecule has 164 valence electrons. The van der Waals surface area contributed by atoms with Crippen LogP contribution in [0.25, 0.3) is 11.1 Å². The van der Waals surface area contributed by atoms with E-state index in [4.69, 9.17) is 4.74 Å². The Morgan fingerprint density at radius 2 is 1.53 bits per heavy atom. The summed E-state index contributed by atoms with van der Waals surface area (Å²) < 4.78 is 5.36. The second-order valence-electron chi connectivity index (χ2n) is 7.96. The van der Waals surface area contributed by atoms with Gasteiger partial charge in [0.05, 0.1) is 0 Å². The number of ether oxygens (including phenoxy) is 1. The van der Waals surface area contributed by atoms with Crippen LogP contribution in [-0.2, 0) is 11.3 Å². The van der Waals surface area contributed by atoms with Gasteiger partial charge in [0.15, 0.2) is 0 Å². The molecule has 0 spiro atoms. The van der Waals surface area contributed by atoms with Crippen LogP contribution in [0, 0.1) is 5.92 Å². The summed E-state index contributed by atoms with van der Waals surface area (Å²) in [7, 11) is 0. The van der Waals surface area contributed by atoms with Gasteiger partial charge in [-0.05, 0) is 71.8 Å². The molecule has 2 heterocycles. The van der Waals surface area contributed by atoms with Crippen LogP contribution in [0.15, 0.2) is 73.1 Å². The van der Waals surface area contributed by atoms with Crippen LogP contribution in [0.2, 0.25) is 0 Å². The van der Waals surface area contributed by atoms with Gasteiger partial charge in [0, 0.05) is 49.8 Å². The minimum atomic E-state index is -0.152. The van der Waals surface area contributed by atoms with Crippen molar-refractivity contribution in [2.45, 2.75) is 19.4 Å². The van der Waals surface area contributed by atoms with Crippen LogP contribution in [0.5, 0.6) is 0 Å². The summed E-state index contributed by atoms with van der Waals surface area (Å²) in [5, 5.41) is 5.95. The van der Waals surface area contributed by atoms with E-state index in [9.17, 15) is 9.59 Å². The van der Waals surface area contributed by atoms with E-state index in [1.807, 2.05) is 54.6 Å². The first-order valence-electron chi connectivity index (χ1n) is 10.9. The van der Waals surface area contributed by atoms with Crippen molar-refractivity contribution in [1.29, 1.82) is 0 Å². The number of hydrogen-bond donors (Lipinski definition) is 2. The highest BCUT2D eigenvalue weighted by Crippen LogP contribution is 2.19. The Morgan fingerprint density at radius 3 is 2.28 bits per heavy atom. The number of pyridine rings is 1. The first-order chi connectivity index (χ1) is 15.7. The number of amides is 2. The first-order valence-corrected chi connectivity index (χ1v) is 10.9. The summed E-state index contributed by atoms with van der Waals surface area (Å²) in [4.78, 5) is 29.1. The molecule has 1 aromatic heterocycles. The van der Waals surface area contributed by atoms with Crippen molar-refractivity contribution in [3.8, 4) is 11.1 Å². The van der Waals surface area contributed by atoms with Gasteiger partial charge in [0.1, 0.15) is 0 Å². The van der Waals surface area contributed by atoms with Crippen molar-refractivity contribution >= 4 is 11.8 Å². The van der Waals surface area contributed by atoms with Gasteiger partial charge in [-0.15, -0.1) is 0 Å². The van der Waals surface area contributed by atoms with Gasteiger partial charge in [-0.25, -0.2) is 0 Å². The topological polar surface area (TPSA) is 80.3 Å². The fraction of sp³-hybridized carbons (Fsp3) is 0.269. The van der Waals surface area contributed by atoms with E-state index >= 15 is 0 Å². The molecular formula is C26H27N3O3. The minimum Gasteiger partial charge on any atom is -0.381 e. The molecule has 6 nitrogen and oxygen atoms in total. The maximum atomic E-state index is 12.6. The first kappa shape index (κ1) is 21.7. The molecule has 0 aliphatic carbocycles. The number of rotatable bonds is 7. The lowest BCUT2D eigenvalue weighted by Crippen LogP contribution is -2.32. The Hall–Kier alpha value is -3.51. The summed E-state index contributed by atoms with van der Waals surface area (Å²) in [6, 6.07) is 18.7. The van der Waals surface area contributed by atoms with E-state index in [1.165, 1.54) is 0 Å². The van der Waals surface area contributed by atoms with E-state index in [0.29, 0.717) is 30.1 Å². The summed E-state index contributed by atoms with van der Waals surface area (Å²) in [5.74, 6) is 0.233. The number of aromatic nitrogens is 1. The zero-order valence-corrected chi connectivity index (χ0v) is 17.9. The molecule has 32 heavy (non-hydrogen) atoms. The molecule has 0 atom stereocenters. The number of nitrogens with zero attached hydrogens (tertiary/aromatic N) is 1. The number of carbonyl (C=O) groups excluding carboxylic acids is 2. The molecule has 0 bridgehead atoms. The van der Waals surface area contributed by atoms with E-state index in [-0.39, 0.29) is 11.8 Å². The van der Waals surface area contributed by atoms with Gasteiger partial charge in [-0.1, -0.05) is 24.3 Å². The lowest BCUT2D eigenvalue weighted by atomic mass is 10.0. The molecular weight excluding hydrogens is 402 g/mol. The molecule has 3 aromatic rings. The summed E-state index contributed by atoms with van der Waals surface area (Å²) in [6.45, 7) is 2.55. The Kier molecular flexibility index (Phi) is 7.25.